The summed E-state index contributed by atoms with van der Waals surface area (Å²) < 4.78 is 23.8. The van der Waals surface area contributed by atoms with Crippen molar-refractivity contribution in [3.63, 3.8) is 0 Å². The van der Waals surface area contributed by atoms with E-state index in [0.717, 1.165) is 30.7 Å². The Hall–Kier alpha value is -3.36. The maximum absolute atomic E-state index is 14.4. The number of ether oxygens (including phenoxy) is 1. The minimum atomic E-state index is -0.365. The molecule has 2 aliphatic rings. The third-order valence-electron chi connectivity index (χ3n) is 6.77. The van der Waals surface area contributed by atoms with Crippen molar-refractivity contribution in [3.8, 4) is 17.3 Å². The number of halogens is 1. The molecule has 4 aromatic rings. The zero-order chi connectivity index (χ0) is 21.0. The number of nitrogens with zero attached hydrogens (tertiary/aromatic N) is 7. The molecule has 0 saturated heterocycles. The predicted octanol–water partition coefficient (Wildman–Crippen LogP) is 3.47. The topological polar surface area (TPSA) is 83.0 Å². The smallest absolute Gasteiger partial charge is 0.236 e. The summed E-state index contributed by atoms with van der Waals surface area (Å²) in [7, 11) is 1.82. The van der Waals surface area contributed by atoms with E-state index in [4.69, 9.17) is 9.84 Å². The van der Waals surface area contributed by atoms with Gasteiger partial charge in [0.2, 0.25) is 5.88 Å². The Balaban J connectivity index is 1.47. The van der Waals surface area contributed by atoms with Gasteiger partial charge >= 0.3 is 0 Å². The largest absolute Gasteiger partial charge is 0.468 e. The van der Waals surface area contributed by atoms with Crippen LogP contribution in [0.3, 0.4) is 0 Å². The Morgan fingerprint density at radius 3 is 2.71 bits per heavy atom. The number of aryl methyl sites for hydroxylation is 1. The van der Waals surface area contributed by atoms with Gasteiger partial charge in [-0.1, -0.05) is 12.1 Å². The van der Waals surface area contributed by atoms with Crippen LogP contribution in [0.1, 0.15) is 43.5 Å². The Bertz CT molecular complexity index is 1270. The molecule has 0 radical (unpaired) electrons. The molecular formula is C22H22FN7O. The molecule has 0 N–H and O–H groups in total. The highest BCUT2D eigenvalue weighted by molar-refractivity contribution is 5.60. The van der Waals surface area contributed by atoms with E-state index < -0.39 is 0 Å². The lowest BCUT2D eigenvalue weighted by Crippen LogP contribution is -2.22. The van der Waals surface area contributed by atoms with Gasteiger partial charge in [0.05, 0.1) is 5.56 Å². The first-order valence-corrected chi connectivity index (χ1v) is 10.6. The van der Waals surface area contributed by atoms with Crippen molar-refractivity contribution >= 4 is 5.65 Å². The van der Waals surface area contributed by atoms with E-state index in [1.807, 2.05) is 13.1 Å². The number of fused-ring (bicyclic) bond motifs is 3. The van der Waals surface area contributed by atoms with Crippen molar-refractivity contribution in [1.29, 1.82) is 0 Å². The van der Waals surface area contributed by atoms with Crippen LogP contribution in [-0.4, -0.2) is 34.6 Å². The highest BCUT2D eigenvalue weighted by atomic mass is 19.1. The van der Waals surface area contributed by atoms with Gasteiger partial charge in [0.25, 0.3) is 0 Å². The second kappa shape index (κ2) is 6.83. The molecule has 0 aliphatic heterocycles. The van der Waals surface area contributed by atoms with Crippen LogP contribution in [0, 0.1) is 11.7 Å². The average molecular weight is 419 g/mol. The Morgan fingerprint density at radius 2 is 2.00 bits per heavy atom. The van der Waals surface area contributed by atoms with E-state index in [2.05, 4.69) is 20.3 Å². The van der Waals surface area contributed by atoms with Gasteiger partial charge in [0.1, 0.15) is 12.1 Å². The van der Waals surface area contributed by atoms with Gasteiger partial charge < -0.3 is 4.74 Å². The van der Waals surface area contributed by atoms with Gasteiger partial charge in [0.15, 0.2) is 23.9 Å². The van der Waals surface area contributed by atoms with Crippen LogP contribution >= 0.6 is 0 Å². The number of rotatable bonds is 5. The molecule has 2 fully saturated rings. The molecular weight excluding hydrogens is 397 g/mol. The van der Waals surface area contributed by atoms with E-state index >= 15 is 0 Å². The molecule has 2 aliphatic carbocycles. The molecule has 158 valence electrons. The second-order valence-electron chi connectivity index (χ2n) is 8.69. The zero-order valence-corrected chi connectivity index (χ0v) is 17.2. The van der Waals surface area contributed by atoms with Gasteiger partial charge in [0, 0.05) is 18.0 Å². The van der Waals surface area contributed by atoms with Gasteiger partial charge in [-0.25, -0.2) is 9.37 Å². The summed E-state index contributed by atoms with van der Waals surface area (Å²) in [6.45, 7) is 0.211. The molecule has 3 aromatic heterocycles. The first kappa shape index (κ1) is 18.4. The first-order valence-electron chi connectivity index (χ1n) is 10.6. The highest BCUT2D eigenvalue weighted by Gasteiger charge is 2.48. The van der Waals surface area contributed by atoms with Gasteiger partial charge in [-0.2, -0.15) is 9.61 Å². The van der Waals surface area contributed by atoms with Gasteiger partial charge in [-0.05, 0) is 56.2 Å². The molecule has 0 amide bonds. The van der Waals surface area contributed by atoms with Gasteiger partial charge in [-0.3, -0.25) is 4.68 Å². The number of hydrogen-bond acceptors (Lipinski definition) is 6. The highest BCUT2D eigenvalue weighted by Crippen LogP contribution is 2.57. The lowest BCUT2D eigenvalue weighted by molar-refractivity contribution is 0.266. The van der Waals surface area contributed by atoms with Crippen LogP contribution in [0.15, 0.2) is 36.7 Å². The summed E-state index contributed by atoms with van der Waals surface area (Å²) in [6, 6.07) is 8.53. The summed E-state index contributed by atoms with van der Waals surface area (Å²) in [6.07, 6.45) is 7.52. The SMILES string of the molecule is Cn1cnc(COc2nn3c(-c4ccccc4F)nnc3cc2C23CCC(CC2)C3)n1. The normalized spacial score (nSPS) is 22.5. The Kier molecular flexibility index (Phi) is 4.06. The molecule has 2 bridgehead atoms. The quantitative estimate of drug-likeness (QED) is 0.493. The van der Waals surface area contributed by atoms with Crippen LogP contribution in [-0.2, 0) is 19.1 Å². The summed E-state index contributed by atoms with van der Waals surface area (Å²) in [5.41, 5.74) is 2.09. The van der Waals surface area contributed by atoms with Crippen LogP contribution in [0.25, 0.3) is 17.0 Å². The molecule has 2 saturated carbocycles. The first-order chi connectivity index (χ1) is 15.1. The van der Waals surface area contributed by atoms with E-state index in [1.165, 1.54) is 18.9 Å². The van der Waals surface area contributed by atoms with Crippen molar-refractivity contribution in [3.05, 3.63) is 53.9 Å². The van der Waals surface area contributed by atoms with E-state index in [1.54, 1.807) is 33.7 Å². The third kappa shape index (κ3) is 2.98. The van der Waals surface area contributed by atoms with Crippen molar-refractivity contribution < 1.29 is 9.13 Å². The number of benzene rings is 1. The fourth-order valence-corrected chi connectivity index (χ4v) is 5.27. The van der Waals surface area contributed by atoms with Crippen LogP contribution in [0.5, 0.6) is 5.88 Å². The summed E-state index contributed by atoms with van der Waals surface area (Å²) in [5.74, 6) is 1.87. The van der Waals surface area contributed by atoms with E-state index in [-0.39, 0.29) is 17.8 Å². The summed E-state index contributed by atoms with van der Waals surface area (Å²) in [5, 5.41) is 17.6. The molecule has 9 heteroatoms. The number of hydrogen-bond donors (Lipinski definition) is 0. The minimum absolute atomic E-state index is 0.0659. The zero-order valence-electron chi connectivity index (χ0n) is 17.2. The molecule has 1 aromatic carbocycles. The molecule has 8 nitrogen and oxygen atoms in total. The monoisotopic (exact) mass is 419 g/mol. The lowest BCUT2D eigenvalue weighted by atomic mass is 9.78. The molecule has 3 heterocycles. The fourth-order valence-electron chi connectivity index (χ4n) is 5.27. The van der Waals surface area contributed by atoms with E-state index in [9.17, 15) is 4.39 Å². The fraction of sp³-hybridized carbons (Fsp3) is 0.409. The minimum Gasteiger partial charge on any atom is -0.468 e. The Labute approximate surface area is 178 Å². The number of aromatic nitrogens is 7. The maximum atomic E-state index is 14.4. The standard InChI is InChI=1S/C22H22FN7O/c1-29-13-24-18(27-29)12-31-21-16(22-8-6-14(11-22)7-9-22)10-19-25-26-20(30(19)28-21)15-4-2-3-5-17(15)23/h2-5,10,13-14H,6-9,11-12H2,1H3. The average Bonchev–Trinajstić information content (AvgIpc) is 3.56. The van der Waals surface area contributed by atoms with Crippen molar-refractivity contribution in [2.24, 2.45) is 13.0 Å². The van der Waals surface area contributed by atoms with E-state index in [0.29, 0.717) is 28.7 Å². The lowest BCUT2D eigenvalue weighted by Gasteiger charge is -2.28. The second-order valence-corrected chi connectivity index (χ2v) is 8.69. The molecule has 0 spiro atoms. The van der Waals surface area contributed by atoms with Crippen LogP contribution < -0.4 is 4.74 Å². The van der Waals surface area contributed by atoms with Crippen LogP contribution in [0.4, 0.5) is 4.39 Å². The predicted molar refractivity (Wildman–Crippen MR) is 110 cm³/mol. The van der Waals surface area contributed by atoms with Gasteiger partial charge in [-0.15, -0.1) is 15.3 Å². The van der Waals surface area contributed by atoms with Crippen molar-refractivity contribution in [2.75, 3.05) is 0 Å². The van der Waals surface area contributed by atoms with Crippen molar-refractivity contribution in [1.82, 2.24) is 34.6 Å². The molecule has 31 heavy (non-hydrogen) atoms. The summed E-state index contributed by atoms with van der Waals surface area (Å²) in [4.78, 5) is 4.25. The molecule has 0 atom stereocenters. The summed E-state index contributed by atoms with van der Waals surface area (Å²) >= 11 is 0. The Morgan fingerprint density at radius 1 is 1.16 bits per heavy atom. The van der Waals surface area contributed by atoms with Crippen LogP contribution in [0.2, 0.25) is 0 Å². The third-order valence-corrected chi connectivity index (χ3v) is 6.77. The molecule has 0 unspecified atom stereocenters. The van der Waals surface area contributed by atoms with Crippen molar-refractivity contribution in [2.45, 2.75) is 44.1 Å². The maximum Gasteiger partial charge on any atom is 0.236 e. The molecule has 6 rings (SSSR count).